The summed E-state index contributed by atoms with van der Waals surface area (Å²) in [4.78, 5) is 14.3. The molecule has 0 saturated heterocycles. The van der Waals surface area contributed by atoms with E-state index in [1.807, 2.05) is 11.3 Å². The van der Waals surface area contributed by atoms with Gasteiger partial charge in [-0.05, 0) is 51.8 Å². The lowest BCUT2D eigenvalue weighted by Gasteiger charge is -2.34. The monoisotopic (exact) mass is 367 g/mol. The van der Waals surface area contributed by atoms with Gasteiger partial charge >= 0.3 is 0 Å². The van der Waals surface area contributed by atoms with Crippen molar-refractivity contribution in [2.24, 2.45) is 5.41 Å². The van der Waals surface area contributed by atoms with E-state index in [-0.39, 0.29) is 5.41 Å². The predicted octanol–water partition coefficient (Wildman–Crippen LogP) is 4.53. The van der Waals surface area contributed by atoms with E-state index in [1.54, 1.807) is 6.33 Å². The quantitative estimate of drug-likeness (QED) is 0.806. The number of hydrogen-bond acceptors (Lipinski definition) is 5. The van der Waals surface area contributed by atoms with Crippen LogP contribution in [0.1, 0.15) is 49.5 Å². The zero-order valence-electron chi connectivity index (χ0n) is 15.7. The van der Waals surface area contributed by atoms with Crippen molar-refractivity contribution in [3.8, 4) is 0 Å². The molecule has 5 heteroatoms. The van der Waals surface area contributed by atoms with Gasteiger partial charge in [0.25, 0.3) is 0 Å². The van der Waals surface area contributed by atoms with Gasteiger partial charge in [-0.25, -0.2) is 9.97 Å². The van der Waals surface area contributed by atoms with Crippen molar-refractivity contribution < 1.29 is 0 Å². The van der Waals surface area contributed by atoms with Gasteiger partial charge < -0.3 is 10.2 Å². The second kappa shape index (κ2) is 5.96. The number of allylic oxidation sites excluding steroid dienone is 2. The normalized spacial score (nSPS) is 30.0. The molecule has 2 aromatic heterocycles. The van der Waals surface area contributed by atoms with Crippen LogP contribution in [0.25, 0.3) is 15.8 Å². The molecule has 3 aliphatic rings. The summed E-state index contributed by atoms with van der Waals surface area (Å²) in [6.45, 7) is 7.80. The second-order valence-electron chi connectivity index (χ2n) is 8.24. The third kappa shape index (κ3) is 2.55. The molecule has 2 heterocycles. The van der Waals surface area contributed by atoms with Crippen LogP contribution in [-0.2, 0) is 6.42 Å². The van der Waals surface area contributed by atoms with E-state index >= 15 is 0 Å². The zero-order valence-corrected chi connectivity index (χ0v) is 16.5. The topological polar surface area (TPSA) is 41.1 Å². The van der Waals surface area contributed by atoms with Crippen LogP contribution >= 0.6 is 11.3 Å². The fraction of sp³-hybridized carbons (Fsp3) is 0.571. The summed E-state index contributed by atoms with van der Waals surface area (Å²) in [6, 6.07) is 1.26. The predicted molar refractivity (Wildman–Crippen MR) is 109 cm³/mol. The van der Waals surface area contributed by atoms with E-state index in [0.29, 0.717) is 6.04 Å². The Morgan fingerprint density at radius 2 is 2.12 bits per heavy atom. The molecule has 26 heavy (non-hydrogen) atoms. The third-order valence-electron chi connectivity index (χ3n) is 6.66. The molecule has 0 aromatic carbocycles. The summed E-state index contributed by atoms with van der Waals surface area (Å²) < 4.78 is 0. The molecular formula is C21H27N4S+. The molecule has 0 aliphatic heterocycles. The Labute approximate surface area is 159 Å². The molecule has 1 saturated carbocycles. The molecular weight excluding hydrogens is 340 g/mol. The number of aryl methyl sites for hydroxylation is 1. The first kappa shape index (κ1) is 16.6. The first-order valence-corrected chi connectivity index (χ1v) is 10.7. The molecule has 0 radical (unpaired) electrons. The van der Waals surface area contributed by atoms with Crippen LogP contribution in [0.3, 0.4) is 0 Å². The van der Waals surface area contributed by atoms with Gasteiger partial charge in [0.1, 0.15) is 22.4 Å². The van der Waals surface area contributed by atoms with Crippen LogP contribution in [0, 0.1) is 12.3 Å². The summed E-state index contributed by atoms with van der Waals surface area (Å²) in [6.07, 6.45) is 11.3. The summed E-state index contributed by atoms with van der Waals surface area (Å²) in [5, 5.41) is 5.03. The van der Waals surface area contributed by atoms with Crippen molar-refractivity contribution in [2.45, 2.75) is 57.5 Å². The van der Waals surface area contributed by atoms with Gasteiger partial charge in [-0.2, -0.15) is 0 Å². The molecule has 3 aliphatic carbocycles. The number of aromatic nitrogens is 2. The number of nitrogens with zero attached hydrogens (tertiary/aromatic N) is 3. The number of hydrogen-bond donors (Lipinski definition) is 1. The molecule has 2 aromatic rings. The highest BCUT2D eigenvalue weighted by Crippen LogP contribution is 2.60. The van der Waals surface area contributed by atoms with Crippen LogP contribution < -0.4 is 5.32 Å². The van der Waals surface area contributed by atoms with Gasteiger partial charge in [0.05, 0.1) is 12.3 Å². The van der Waals surface area contributed by atoms with Crippen molar-refractivity contribution >= 4 is 32.9 Å². The van der Waals surface area contributed by atoms with Crippen molar-refractivity contribution in [3.63, 3.8) is 0 Å². The molecule has 4 nitrogen and oxygen atoms in total. The van der Waals surface area contributed by atoms with Gasteiger partial charge in [-0.1, -0.05) is 6.92 Å². The summed E-state index contributed by atoms with van der Waals surface area (Å²) in [5.74, 6) is 1.04. The summed E-state index contributed by atoms with van der Waals surface area (Å²) >= 11 is 1.85. The number of thiophene rings is 1. The molecule has 0 bridgehead atoms. The second-order valence-corrected chi connectivity index (χ2v) is 9.32. The van der Waals surface area contributed by atoms with E-state index in [1.165, 1.54) is 47.1 Å². The Kier molecular flexibility index (Phi) is 3.80. The molecule has 5 rings (SSSR count). The smallest absolute Gasteiger partial charge is 0.150 e. The maximum atomic E-state index is 4.65. The van der Waals surface area contributed by atoms with Crippen LogP contribution in [0.2, 0.25) is 0 Å². The molecule has 0 amide bonds. The van der Waals surface area contributed by atoms with E-state index in [9.17, 15) is 0 Å². The minimum Gasteiger partial charge on any atom is -0.367 e. The van der Waals surface area contributed by atoms with Gasteiger partial charge in [0.15, 0.2) is 0 Å². The van der Waals surface area contributed by atoms with Crippen LogP contribution in [-0.4, -0.2) is 40.5 Å². The van der Waals surface area contributed by atoms with Gasteiger partial charge in [0.2, 0.25) is 0 Å². The molecule has 1 unspecified atom stereocenters. The molecule has 1 N–H and O–H groups in total. The first-order valence-electron chi connectivity index (χ1n) is 9.91. The number of rotatable bonds is 4. The standard InChI is InChI=1S/C21H27N4S/c1-4-25(3)14-7-5-13(6-8-14)24-19-18-17-15-11-21(15,2)10-9-16(17)26-20(18)23-12-22-19/h11-14H,2,4-10H2,1,3H3,(H,22,23,24)/q+1. The van der Waals surface area contributed by atoms with E-state index in [0.717, 1.165) is 36.1 Å². The van der Waals surface area contributed by atoms with Gasteiger partial charge in [0, 0.05) is 34.5 Å². The number of anilines is 1. The summed E-state index contributed by atoms with van der Waals surface area (Å²) in [7, 11) is 2.25. The number of nitrogens with one attached hydrogen (secondary N) is 1. The van der Waals surface area contributed by atoms with Gasteiger partial charge in [-0.15, -0.1) is 11.3 Å². The third-order valence-corrected chi connectivity index (χ3v) is 7.82. The fourth-order valence-corrected chi connectivity index (χ4v) is 5.92. The fourth-order valence-electron chi connectivity index (χ4n) is 4.77. The lowest BCUT2D eigenvalue weighted by Crippen LogP contribution is -2.38. The highest BCUT2D eigenvalue weighted by Gasteiger charge is 2.52. The van der Waals surface area contributed by atoms with Crippen LogP contribution in [0.15, 0.2) is 12.4 Å². The largest absolute Gasteiger partial charge is 0.367 e. The summed E-state index contributed by atoms with van der Waals surface area (Å²) in [5.41, 5.74) is 2.92. The molecule has 1 fully saturated rings. The lowest BCUT2D eigenvalue weighted by molar-refractivity contribution is 0.194. The van der Waals surface area contributed by atoms with E-state index in [4.69, 9.17) is 0 Å². The highest BCUT2D eigenvalue weighted by molar-refractivity contribution is 7.19. The van der Waals surface area contributed by atoms with Crippen molar-refractivity contribution in [3.05, 3.63) is 29.8 Å². The van der Waals surface area contributed by atoms with E-state index in [2.05, 4.69) is 47.2 Å². The molecule has 136 valence electrons. The van der Waals surface area contributed by atoms with E-state index < -0.39 is 0 Å². The Bertz CT molecular complexity index is 878. The van der Waals surface area contributed by atoms with Crippen LogP contribution in [0.4, 0.5) is 5.82 Å². The van der Waals surface area contributed by atoms with Crippen molar-refractivity contribution in [1.29, 1.82) is 0 Å². The maximum absolute atomic E-state index is 4.65. The minimum absolute atomic E-state index is 0.0942. The number of fused-ring (bicyclic) bond motifs is 5. The SMILES string of the molecule is [CH2+]C12C=C1c1c(sc3ncnc(NC4CCC(N(C)CC)CC4)c13)CC2. The van der Waals surface area contributed by atoms with Crippen molar-refractivity contribution in [1.82, 2.24) is 14.9 Å². The van der Waals surface area contributed by atoms with Gasteiger partial charge in [-0.3, -0.25) is 0 Å². The Hall–Kier alpha value is -1.59. The maximum Gasteiger partial charge on any atom is 0.150 e. The zero-order chi connectivity index (χ0) is 17.9. The molecule has 0 spiro atoms. The lowest BCUT2D eigenvalue weighted by atomic mass is 9.86. The van der Waals surface area contributed by atoms with Crippen molar-refractivity contribution in [2.75, 3.05) is 18.9 Å². The minimum atomic E-state index is 0.0942. The Balaban J connectivity index is 1.41. The highest BCUT2D eigenvalue weighted by atomic mass is 32.1. The average Bonchev–Trinajstić information content (AvgIpc) is 3.20. The van der Waals surface area contributed by atoms with Crippen LogP contribution in [0.5, 0.6) is 0 Å². The first-order chi connectivity index (χ1) is 12.6. The Morgan fingerprint density at radius 3 is 2.88 bits per heavy atom. The Morgan fingerprint density at radius 1 is 1.31 bits per heavy atom. The molecule has 1 atom stereocenters. The average molecular weight is 368 g/mol.